The van der Waals surface area contributed by atoms with Gasteiger partial charge in [0.05, 0.1) is 12.8 Å². The summed E-state index contributed by atoms with van der Waals surface area (Å²) in [5.41, 5.74) is 0.199. The Labute approximate surface area is 91.4 Å². The zero-order valence-electron chi connectivity index (χ0n) is 9.79. The van der Waals surface area contributed by atoms with Gasteiger partial charge in [0.1, 0.15) is 5.76 Å². The van der Waals surface area contributed by atoms with Crippen LogP contribution in [-0.2, 0) is 6.54 Å². The molecule has 2 heterocycles. The topological polar surface area (TPSA) is 28.4 Å². The van der Waals surface area contributed by atoms with Crippen molar-refractivity contribution in [3.63, 3.8) is 0 Å². The molecule has 84 valence electrons. The molecule has 0 radical (unpaired) electrons. The van der Waals surface area contributed by atoms with Crippen LogP contribution in [0.25, 0.3) is 0 Å². The van der Waals surface area contributed by atoms with Crippen LogP contribution in [0.4, 0.5) is 0 Å². The number of furan rings is 1. The minimum atomic E-state index is 0.199. The summed E-state index contributed by atoms with van der Waals surface area (Å²) >= 11 is 0. The first-order valence-electron chi connectivity index (χ1n) is 5.58. The third kappa shape index (κ3) is 2.83. The number of nitrogens with zero attached hydrogens (tertiary/aromatic N) is 1. The van der Waals surface area contributed by atoms with Crippen molar-refractivity contribution in [3.8, 4) is 0 Å². The van der Waals surface area contributed by atoms with Crippen LogP contribution in [0.1, 0.15) is 26.5 Å². The molecule has 0 saturated carbocycles. The van der Waals surface area contributed by atoms with Crippen LogP contribution in [0, 0.1) is 0 Å². The molecule has 0 aromatic carbocycles. The lowest BCUT2D eigenvalue weighted by Gasteiger charge is -2.42. The molecule has 15 heavy (non-hydrogen) atoms. The van der Waals surface area contributed by atoms with Gasteiger partial charge in [-0.25, -0.2) is 0 Å². The molecule has 1 atom stereocenters. The Morgan fingerprint density at radius 1 is 1.60 bits per heavy atom. The van der Waals surface area contributed by atoms with Gasteiger partial charge in [-0.2, -0.15) is 0 Å². The molecule has 1 unspecified atom stereocenters. The molecule has 2 rings (SSSR count). The highest BCUT2D eigenvalue weighted by molar-refractivity contribution is 5.00. The van der Waals surface area contributed by atoms with Gasteiger partial charge in [0.2, 0.25) is 0 Å². The van der Waals surface area contributed by atoms with E-state index in [-0.39, 0.29) is 5.54 Å². The summed E-state index contributed by atoms with van der Waals surface area (Å²) in [7, 11) is 0. The Balaban J connectivity index is 1.98. The summed E-state index contributed by atoms with van der Waals surface area (Å²) in [6, 6.07) is 4.54. The Bertz CT molecular complexity index is 305. The van der Waals surface area contributed by atoms with Crippen LogP contribution in [0.5, 0.6) is 0 Å². The summed E-state index contributed by atoms with van der Waals surface area (Å²) < 4.78 is 5.38. The lowest BCUT2D eigenvalue weighted by molar-refractivity contribution is 0.110. The van der Waals surface area contributed by atoms with Crippen molar-refractivity contribution in [2.45, 2.75) is 38.9 Å². The van der Waals surface area contributed by atoms with E-state index in [9.17, 15) is 0 Å². The van der Waals surface area contributed by atoms with Crippen molar-refractivity contribution < 1.29 is 4.42 Å². The van der Waals surface area contributed by atoms with Gasteiger partial charge in [-0.05, 0) is 32.9 Å². The van der Waals surface area contributed by atoms with E-state index in [2.05, 4.69) is 31.0 Å². The molecular weight excluding hydrogens is 188 g/mol. The zero-order valence-corrected chi connectivity index (χ0v) is 9.79. The molecule has 0 amide bonds. The molecule has 1 aromatic rings. The second-order valence-corrected chi connectivity index (χ2v) is 5.18. The number of rotatable bonds is 2. The summed E-state index contributed by atoms with van der Waals surface area (Å²) in [6.45, 7) is 9.80. The molecule has 1 aliphatic rings. The first-order chi connectivity index (χ1) is 7.05. The third-order valence-electron chi connectivity index (χ3n) is 2.75. The lowest BCUT2D eigenvalue weighted by atomic mass is 9.99. The van der Waals surface area contributed by atoms with Gasteiger partial charge >= 0.3 is 0 Å². The van der Waals surface area contributed by atoms with Crippen molar-refractivity contribution in [1.82, 2.24) is 10.2 Å². The van der Waals surface area contributed by atoms with Crippen LogP contribution in [0.15, 0.2) is 22.8 Å². The van der Waals surface area contributed by atoms with Crippen molar-refractivity contribution in [2.75, 3.05) is 13.1 Å². The number of hydrogen-bond acceptors (Lipinski definition) is 3. The summed E-state index contributed by atoms with van der Waals surface area (Å²) in [6.07, 6.45) is 1.74. The highest BCUT2D eigenvalue weighted by Crippen LogP contribution is 2.16. The van der Waals surface area contributed by atoms with Crippen molar-refractivity contribution in [3.05, 3.63) is 24.2 Å². The number of piperazine rings is 1. The van der Waals surface area contributed by atoms with Gasteiger partial charge in [0.25, 0.3) is 0 Å². The molecule has 3 nitrogen and oxygen atoms in total. The maximum absolute atomic E-state index is 5.38. The van der Waals surface area contributed by atoms with Crippen molar-refractivity contribution >= 4 is 0 Å². The molecule has 1 saturated heterocycles. The maximum atomic E-state index is 5.38. The predicted octanol–water partition coefficient (Wildman–Crippen LogP) is 1.85. The highest BCUT2D eigenvalue weighted by Gasteiger charge is 2.29. The molecule has 1 aromatic heterocycles. The van der Waals surface area contributed by atoms with Gasteiger partial charge in [0, 0.05) is 24.7 Å². The van der Waals surface area contributed by atoms with Gasteiger partial charge in [-0.15, -0.1) is 0 Å². The van der Waals surface area contributed by atoms with Crippen molar-refractivity contribution in [1.29, 1.82) is 0 Å². The Morgan fingerprint density at radius 3 is 3.00 bits per heavy atom. The predicted molar refractivity (Wildman–Crippen MR) is 60.7 cm³/mol. The Hall–Kier alpha value is -0.800. The lowest BCUT2D eigenvalue weighted by Crippen LogP contribution is -2.60. The van der Waals surface area contributed by atoms with Gasteiger partial charge < -0.3 is 9.73 Å². The largest absolute Gasteiger partial charge is 0.468 e. The highest BCUT2D eigenvalue weighted by atomic mass is 16.3. The molecule has 1 N–H and O–H groups in total. The molecule has 0 bridgehead atoms. The fourth-order valence-electron chi connectivity index (χ4n) is 2.51. The maximum Gasteiger partial charge on any atom is 0.117 e. The Kier molecular flexibility index (Phi) is 2.85. The molecule has 0 aliphatic carbocycles. The third-order valence-corrected chi connectivity index (χ3v) is 2.75. The van der Waals surface area contributed by atoms with E-state index in [1.54, 1.807) is 6.26 Å². The van der Waals surface area contributed by atoms with E-state index in [1.165, 1.54) is 0 Å². The van der Waals surface area contributed by atoms with Crippen LogP contribution < -0.4 is 5.32 Å². The SMILES string of the molecule is CC1CN(Cc2ccco2)CC(C)(C)N1. The van der Waals surface area contributed by atoms with Gasteiger partial charge in [-0.3, -0.25) is 4.90 Å². The fourth-order valence-corrected chi connectivity index (χ4v) is 2.51. The first kappa shape index (κ1) is 10.7. The number of nitrogens with one attached hydrogen (secondary N) is 1. The van der Waals surface area contributed by atoms with E-state index in [4.69, 9.17) is 4.42 Å². The first-order valence-corrected chi connectivity index (χ1v) is 5.58. The molecule has 0 spiro atoms. The second-order valence-electron chi connectivity index (χ2n) is 5.18. The average Bonchev–Trinajstić information content (AvgIpc) is 2.52. The Morgan fingerprint density at radius 2 is 2.40 bits per heavy atom. The van der Waals surface area contributed by atoms with E-state index < -0.39 is 0 Å². The van der Waals surface area contributed by atoms with Crippen LogP contribution >= 0.6 is 0 Å². The minimum Gasteiger partial charge on any atom is -0.468 e. The van der Waals surface area contributed by atoms with Crippen LogP contribution in [0.3, 0.4) is 0 Å². The quantitative estimate of drug-likeness (QED) is 0.804. The van der Waals surface area contributed by atoms with E-state index in [0.717, 1.165) is 25.4 Å². The molecule has 1 fully saturated rings. The average molecular weight is 208 g/mol. The summed E-state index contributed by atoms with van der Waals surface area (Å²) in [5, 5.41) is 3.59. The number of hydrogen-bond donors (Lipinski definition) is 1. The minimum absolute atomic E-state index is 0.199. The summed E-state index contributed by atoms with van der Waals surface area (Å²) in [4.78, 5) is 2.44. The fraction of sp³-hybridized carbons (Fsp3) is 0.667. The normalized spacial score (nSPS) is 26.7. The second kappa shape index (κ2) is 3.99. The van der Waals surface area contributed by atoms with Crippen LogP contribution in [-0.4, -0.2) is 29.6 Å². The van der Waals surface area contributed by atoms with Gasteiger partial charge in [0.15, 0.2) is 0 Å². The van der Waals surface area contributed by atoms with E-state index >= 15 is 0 Å². The monoisotopic (exact) mass is 208 g/mol. The molecular formula is C12H20N2O. The standard InChI is InChI=1S/C12H20N2O/c1-10-7-14(9-12(2,3)13-10)8-11-5-4-6-15-11/h4-6,10,13H,7-9H2,1-3H3. The van der Waals surface area contributed by atoms with E-state index in [1.807, 2.05) is 12.1 Å². The smallest absolute Gasteiger partial charge is 0.117 e. The molecule has 1 aliphatic heterocycles. The van der Waals surface area contributed by atoms with Crippen molar-refractivity contribution in [2.24, 2.45) is 0 Å². The zero-order chi connectivity index (χ0) is 10.9. The van der Waals surface area contributed by atoms with E-state index in [0.29, 0.717) is 6.04 Å². The van der Waals surface area contributed by atoms with Crippen LogP contribution in [0.2, 0.25) is 0 Å². The summed E-state index contributed by atoms with van der Waals surface area (Å²) in [5.74, 6) is 1.06. The van der Waals surface area contributed by atoms with Gasteiger partial charge in [-0.1, -0.05) is 0 Å². The molecule has 3 heteroatoms.